The molecule has 0 radical (unpaired) electrons. The first kappa shape index (κ1) is 14.2. The monoisotopic (exact) mass is 292 g/mol. The van der Waals surface area contributed by atoms with Crippen LogP contribution in [0.5, 0.6) is 0 Å². The van der Waals surface area contributed by atoms with Gasteiger partial charge in [0.25, 0.3) is 0 Å². The van der Waals surface area contributed by atoms with Crippen LogP contribution in [0.15, 0.2) is 24.3 Å². The Kier molecular flexibility index (Phi) is 4.38. The van der Waals surface area contributed by atoms with Crippen molar-refractivity contribution in [2.24, 2.45) is 0 Å². The molecule has 0 saturated heterocycles. The maximum absolute atomic E-state index is 5.99. The first-order valence-electron chi connectivity index (χ1n) is 6.31. The van der Waals surface area contributed by atoms with Gasteiger partial charge in [-0.2, -0.15) is 0 Å². The van der Waals surface area contributed by atoms with Gasteiger partial charge in [-0.05, 0) is 30.5 Å². The topological polar surface area (TPSA) is 28.7 Å². The highest BCUT2D eigenvalue weighted by Crippen LogP contribution is 2.19. The third-order valence-electron chi connectivity index (χ3n) is 3.04. The Morgan fingerprint density at radius 1 is 1.37 bits per heavy atom. The molecule has 2 rings (SSSR count). The van der Waals surface area contributed by atoms with E-state index in [1.165, 1.54) is 0 Å². The average molecular weight is 293 g/mol. The van der Waals surface area contributed by atoms with Crippen LogP contribution >= 0.6 is 23.8 Å². The molecule has 0 aliphatic rings. The Morgan fingerprint density at radius 2 is 2.11 bits per heavy atom. The number of aryl methyl sites for hydroxylation is 1. The maximum atomic E-state index is 5.99. The van der Waals surface area contributed by atoms with Gasteiger partial charge in [-0.3, -0.25) is 0 Å². The quantitative estimate of drug-likeness (QED) is 0.822. The number of H-pyrrole nitrogens is 1. The zero-order valence-electron chi connectivity index (χ0n) is 11.3. The molecule has 0 amide bonds. The predicted octanol–water partition coefficient (Wildman–Crippen LogP) is 4.82. The summed E-state index contributed by atoms with van der Waals surface area (Å²) >= 11 is 11.4. The minimum Gasteiger partial charge on any atom is -0.347 e. The van der Waals surface area contributed by atoms with Gasteiger partial charge in [0.05, 0.1) is 0 Å². The van der Waals surface area contributed by atoms with E-state index in [1.807, 2.05) is 31.2 Å². The summed E-state index contributed by atoms with van der Waals surface area (Å²) in [6, 6.07) is 7.80. The van der Waals surface area contributed by atoms with Gasteiger partial charge in [0.15, 0.2) is 0 Å². The first-order chi connectivity index (χ1) is 8.97. The second-order valence-electron chi connectivity index (χ2n) is 4.99. The average Bonchev–Trinajstić information content (AvgIpc) is 2.27. The highest BCUT2D eigenvalue weighted by molar-refractivity contribution is 7.71. The second kappa shape index (κ2) is 5.85. The summed E-state index contributed by atoms with van der Waals surface area (Å²) in [7, 11) is 0. The highest BCUT2D eigenvalue weighted by Gasteiger charge is 2.09. The van der Waals surface area contributed by atoms with Crippen LogP contribution in [0.3, 0.4) is 0 Å². The van der Waals surface area contributed by atoms with Crippen molar-refractivity contribution in [3.63, 3.8) is 0 Å². The SMILES string of the molecule is Cc1[nH]c(Cc2cccc(Cl)c2)nc(=S)c1C(C)C. The van der Waals surface area contributed by atoms with Gasteiger partial charge < -0.3 is 4.98 Å². The number of aromatic amines is 1. The van der Waals surface area contributed by atoms with E-state index >= 15 is 0 Å². The molecule has 4 heteroatoms. The Hall–Kier alpha value is -1.19. The number of hydrogen-bond acceptors (Lipinski definition) is 2. The van der Waals surface area contributed by atoms with Crippen molar-refractivity contribution in [2.75, 3.05) is 0 Å². The van der Waals surface area contributed by atoms with Crippen LogP contribution in [-0.4, -0.2) is 9.97 Å². The summed E-state index contributed by atoms with van der Waals surface area (Å²) < 4.78 is 0.697. The molecule has 0 saturated carbocycles. The minimum absolute atomic E-state index is 0.386. The van der Waals surface area contributed by atoms with E-state index in [0.717, 1.165) is 27.7 Å². The van der Waals surface area contributed by atoms with Crippen LogP contribution in [0.25, 0.3) is 0 Å². The van der Waals surface area contributed by atoms with Crippen molar-refractivity contribution < 1.29 is 0 Å². The normalized spacial score (nSPS) is 11.0. The summed E-state index contributed by atoms with van der Waals surface area (Å²) in [5, 5.41) is 0.742. The molecule has 1 N–H and O–H groups in total. The van der Waals surface area contributed by atoms with E-state index in [-0.39, 0.29) is 0 Å². The van der Waals surface area contributed by atoms with Crippen LogP contribution in [-0.2, 0) is 6.42 Å². The van der Waals surface area contributed by atoms with Gasteiger partial charge in [0, 0.05) is 22.7 Å². The number of benzene rings is 1. The Labute approximate surface area is 123 Å². The van der Waals surface area contributed by atoms with E-state index in [2.05, 4.69) is 23.8 Å². The fraction of sp³-hybridized carbons (Fsp3) is 0.333. The van der Waals surface area contributed by atoms with Gasteiger partial charge in [-0.1, -0.05) is 49.8 Å². The van der Waals surface area contributed by atoms with E-state index in [1.54, 1.807) is 0 Å². The molecule has 0 aliphatic carbocycles. The Balaban J connectivity index is 2.35. The van der Waals surface area contributed by atoms with Gasteiger partial charge in [0.1, 0.15) is 10.5 Å². The van der Waals surface area contributed by atoms with Crippen molar-refractivity contribution >= 4 is 23.8 Å². The summed E-state index contributed by atoms with van der Waals surface area (Å²) in [5.41, 5.74) is 3.36. The van der Waals surface area contributed by atoms with Crippen LogP contribution in [0.2, 0.25) is 5.02 Å². The van der Waals surface area contributed by atoms with Crippen LogP contribution in [0.1, 0.15) is 42.4 Å². The summed E-state index contributed by atoms with van der Waals surface area (Å²) in [5.74, 6) is 1.27. The van der Waals surface area contributed by atoms with Crippen molar-refractivity contribution in [2.45, 2.75) is 33.1 Å². The highest BCUT2D eigenvalue weighted by atomic mass is 35.5. The van der Waals surface area contributed by atoms with E-state index < -0.39 is 0 Å². The molecule has 2 aromatic rings. The molecular weight excluding hydrogens is 276 g/mol. The summed E-state index contributed by atoms with van der Waals surface area (Å²) in [6.45, 7) is 6.31. The van der Waals surface area contributed by atoms with Crippen LogP contribution in [0, 0.1) is 11.6 Å². The minimum atomic E-state index is 0.386. The first-order valence-corrected chi connectivity index (χ1v) is 7.10. The molecule has 1 heterocycles. The summed E-state index contributed by atoms with van der Waals surface area (Å²) in [6.07, 6.45) is 0.712. The van der Waals surface area contributed by atoms with Crippen LogP contribution < -0.4 is 0 Å². The molecule has 100 valence electrons. The zero-order valence-corrected chi connectivity index (χ0v) is 12.9. The molecule has 19 heavy (non-hydrogen) atoms. The molecule has 2 nitrogen and oxygen atoms in total. The standard InChI is InChI=1S/C15H17ClN2S/c1-9(2)14-10(3)17-13(18-15(14)19)8-11-5-4-6-12(16)7-11/h4-7,9H,8H2,1-3H3,(H,17,18,19). The molecular formula is C15H17ClN2S. The van der Waals surface area contributed by atoms with Gasteiger partial charge in [-0.25, -0.2) is 4.98 Å². The number of hydrogen-bond donors (Lipinski definition) is 1. The smallest absolute Gasteiger partial charge is 0.133 e. The predicted molar refractivity (Wildman–Crippen MR) is 82.5 cm³/mol. The van der Waals surface area contributed by atoms with Crippen molar-refractivity contribution in [1.29, 1.82) is 0 Å². The van der Waals surface area contributed by atoms with E-state index in [9.17, 15) is 0 Å². The molecule has 0 bridgehead atoms. The van der Waals surface area contributed by atoms with E-state index in [0.29, 0.717) is 17.0 Å². The lowest BCUT2D eigenvalue weighted by Crippen LogP contribution is -2.05. The third kappa shape index (κ3) is 3.43. The molecule has 1 aromatic carbocycles. The van der Waals surface area contributed by atoms with Gasteiger partial charge >= 0.3 is 0 Å². The van der Waals surface area contributed by atoms with Crippen LogP contribution in [0.4, 0.5) is 0 Å². The number of nitrogens with zero attached hydrogens (tertiary/aromatic N) is 1. The largest absolute Gasteiger partial charge is 0.347 e. The molecule has 0 aliphatic heterocycles. The number of aromatic nitrogens is 2. The zero-order chi connectivity index (χ0) is 14.0. The molecule has 0 unspecified atom stereocenters. The maximum Gasteiger partial charge on any atom is 0.133 e. The van der Waals surface area contributed by atoms with Crippen molar-refractivity contribution in [1.82, 2.24) is 9.97 Å². The van der Waals surface area contributed by atoms with Gasteiger partial charge in [-0.15, -0.1) is 0 Å². The van der Waals surface area contributed by atoms with E-state index in [4.69, 9.17) is 23.8 Å². The molecule has 0 spiro atoms. The number of nitrogens with one attached hydrogen (secondary N) is 1. The molecule has 0 fully saturated rings. The van der Waals surface area contributed by atoms with Crippen molar-refractivity contribution in [3.05, 3.63) is 56.6 Å². The molecule has 1 aromatic heterocycles. The Morgan fingerprint density at radius 3 is 2.68 bits per heavy atom. The lowest BCUT2D eigenvalue weighted by molar-refractivity contribution is 0.803. The van der Waals surface area contributed by atoms with Gasteiger partial charge in [0.2, 0.25) is 0 Å². The second-order valence-corrected chi connectivity index (χ2v) is 5.81. The molecule has 0 atom stereocenters. The lowest BCUT2D eigenvalue weighted by Gasteiger charge is -2.11. The fourth-order valence-corrected chi connectivity index (χ4v) is 2.97. The third-order valence-corrected chi connectivity index (χ3v) is 3.59. The van der Waals surface area contributed by atoms with Crippen molar-refractivity contribution in [3.8, 4) is 0 Å². The Bertz CT molecular complexity index is 647. The number of rotatable bonds is 3. The lowest BCUT2D eigenvalue weighted by atomic mass is 10.0. The summed E-state index contributed by atoms with van der Waals surface area (Å²) in [4.78, 5) is 7.84. The fourth-order valence-electron chi connectivity index (χ4n) is 2.26. The number of halogens is 1.